The van der Waals surface area contributed by atoms with Gasteiger partial charge in [-0.3, -0.25) is 4.79 Å². The second-order valence-electron chi connectivity index (χ2n) is 8.35. The molecule has 0 fully saturated rings. The number of quaternary nitrogens is 1. The monoisotopic (exact) mass is 414 g/mol. The van der Waals surface area contributed by atoms with E-state index in [1.54, 1.807) is 0 Å². The molecule has 0 spiro atoms. The van der Waals surface area contributed by atoms with Crippen molar-refractivity contribution in [1.29, 1.82) is 0 Å². The Bertz CT molecular complexity index is 417. The molecule has 0 aromatic rings. The number of carboxylic acids is 1. The highest BCUT2D eigenvalue weighted by molar-refractivity contribution is 5.75. The molecule has 0 aromatic heterocycles. The molecule has 6 heteroatoms. The van der Waals surface area contributed by atoms with E-state index in [2.05, 4.69) is 38.3 Å². The van der Waals surface area contributed by atoms with E-state index in [0.717, 1.165) is 37.0 Å². The van der Waals surface area contributed by atoms with Crippen molar-refractivity contribution in [3.8, 4) is 0 Å². The zero-order chi connectivity index (χ0) is 22.0. The average Bonchev–Trinajstić information content (AvgIpc) is 2.69. The van der Waals surface area contributed by atoms with Gasteiger partial charge in [-0.15, -0.1) is 0 Å². The SMILES string of the molecule is CCCCCCCCCCCCNC(=O)N[C@H](CC(=O)O)C[N+](CC)(CC)CC. The Labute approximate surface area is 179 Å². The lowest BCUT2D eigenvalue weighted by Gasteiger charge is -2.38. The molecule has 0 rings (SSSR count). The predicted octanol–water partition coefficient (Wildman–Crippen LogP) is 4.93. The van der Waals surface area contributed by atoms with Gasteiger partial charge in [-0.05, 0) is 27.2 Å². The van der Waals surface area contributed by atoms with Gasteiger partial charge in [0.25, 0.3) is 0 Å². The van der Waals surface area contributed by atoms with Crippen molar-refractivity contribution in [3.05, 3.63) is 0 Å². The zero-order valence-electron chi connectivity index (χ0n) is 19.6. The Morgan fingerprint density at radius 3 is 1.72 bits per heavy atom. The summed E-state index contributed by atoms with van der Waals surface area (Å²) < 4.78 is 0.816. The fourth-order valence-electron chi connectivity index (χ4n) is 3.95. The first-order valence-corrected chi connectivity index (χ1v) is 12.0. The normalized spacial score (nSPS) is 12.6. The van der Waals surface area contributed by atoms with Crippen LogP contribution in [0.4, 0.5) is 4.79 Å². The molecule has 0 saturated carbocycles. The average molecular weight is 415 g/mol. The number of nitrogens with zero attached hydrogens (tertiary/aromatic N) is 1. The third kappa shape index (κ3) is 14.3. The minimum atomic E-state index is -0.869. The first-order chi connectivity index (χ1) is 13.9. The van der Waals surface area contributed by atoms with Crippen molar-refractivity contribution in [1.82, 2.24) is 10.6 Å². The van der Waals surface area contributed by atoms with Gasteiger partial charge in [-0.25, -0.2) is 4.79 Å². The lowest BCUT2D eigenvalue weighted by molar-refractivity contribution is -0.924. The molecular weight excluding hydrogens is 366 g/mol. The molecule has 0 aliphatic rings. The van der Waals surface area contributed by atoms with Crippen LogP contribution in [0.2, 0.25) is 0 Å². The number of carbonyl (C=O) groups excluding carboxylic acids is 1. The lowest BCUT2D eigenvalue weighted by atomic mass is 10.1. The van der Waals surface area contributed by atoms with Gasteiger partial charge in [0.1, 0.15) is 0 Å². The van der Waals surface area contributed by atoms with Crippen LogP contribution in [-0.2, 0) is 4.79 Å². The topological polar surface area (TPSA) is 78.4 Å². The smallest absolute Gasteiger partial charge is 0.315 e. The summed E-state index contributed by atoms with van der Waals surface area (Å²) in [5.74, 6) is -0.869. The van der Waals surface area contributed by atoms with Gasteiger partial charge >= 0.3 is 12.0 Å². The Kier molecular flexibility index (Phi) is 16.8. The molecule has 0 aromatic carbocycles. The highest BCUT2D eigenvalue weighted by Gasteiger charge is 2.28. The summed E-state index contributed by atoms with van der Waals surface area (Å²) >= 11 is 0. The Hall–Kier alpha value is -1.30. The van der Waals surface area contributed by atoms with E-state index < -0.39 is 5.97 Å². The summed E-state index contributed by atoms with van der Waals surface area (Å²) in [5.41, 5.74) is 0. The molecule has 0 heterocycles. The lowest BCUT2D eigenvalue weighted by Crippen LogP contribution is -2.57. The van der Waals surface area contributed by atoms with E-state index in [0.29, 0.717) is 13.1 Å². The van der Waals surface area contributed by atoms with Crippen LogP contribution < -0.4 is 10.6 Å². The van der Waals surface area contributed by atoms with Crippen LogP contribution in [0.15, 0.2) is 0 Å². The van der Waals surface area contributed by atoms with Gasteiger partial charge in [0.15, 0.2) is 0 Å². The summed E-state index contributed by atoms with van der Waals surface area (Å²) in [5, 5.41) is 15.0. The molecule has 1 atom stereocenters. The number of urea groups is 1. The third-order valence-corrected chi connectivity index (χ3v) is 6.19. The van der Waals surface area contributed by atoms with Crippen LogP contribution >= 0.6 is 0 Å². The maximum Gasteiger partial charge on any atom is 0.315 e. The molecule has 0 aliphatic heterocycles. The number of nitrogens with one attached hydrogen (secondary N) is 2. The van der Waals surface area contributed by atoms with Crippen molar-refractivity contribution in [3.63, 3.8) is 0 Å². The van der Waals surface area contributed by atoms with Gasteiger partial charge in [0, 0.05) is 6.54 Å². The van der Waals surface area contributed by atoms with Crippen LogP contribution in [0.1, 0.15) is 98.3 Å². The van der Waals surface area contributed by atoms with E-state index in [1.807, 2.05) is 0 Å². The summed E-state index contributed by atoms with van der Waals surface area (Å²) in [6, 6.07) is -0.589. The number of hydrogen-bond acceptors (Lipinski definition) is 2. The number of rotatable bonds is 19. The molecule has 3 N–H and O–H groups in total. The Morgan fingerprint density at radius 1 is 0.793 bits per heavy atom. The summed E-state index contributed by atoms with van der Waals surface area (Å²) in [7, 11) is 0. The van der Waals surface area contributed by atoms with Crippen molar-refractivity contribution < 1.29 is 19.2 Å². The van der Waals surface area contributed by atoms with E-state index in [-0.39, 0.29) is 18.5 Å². The zero-order valence-corrected chi connectivity index (χ0v) is 19.6. The number of carbonyl (C=O) groups is 2. The van der Waals surface area contributed by atoms with Gasteiger partial charge in [-0.1, -0.05) is 64.7 Å². The minimum absolute atomic E-state index is 0.0360. The molecule has 29 heavy (non-hydrogen) atoms. The Morgan fingerprint density at radius 2 is 1.28 bits per heavy atom. The van der Waals surface area contributed by atoms with Crippen LogP contribution in [0.3, 0.4) is 0 Å². The number of amides is 2. The van der Waals surface area contributed by atoms with Crippen LogP contribution in [0.25, 0.3) is 0 Å². The van der Waals surface area contributed by atoms with E-state index >= 15 is 0 Å². The first kappa shape index (κ1) is 27.7. The van der Waals surface area contributed by atoms with Gasteiger partial charge < -0.3 is 20.2 Å². The summed E-state index contributed by atoms with van der Waals surface area (Å²) in [6.45, 7) is 12.7. The molecule has 0 radical (unpaired) electrons. The van der Waals surface area contributed by atoms with Crippen molar-refractivity contribution >= 4 is 12.0 Å². The number of aliphatic carboxylic acids is 1. The summed E-state index contributed by atoms with van der Waals surface area (Å²) in [4.78, 5) is 23.4. The molecule has 6 nitrogen and oxygen atoms in total. The number of likely N-dealkylation sites (N-methyl/N-ethyl adjacent to an activating group) is 1. The van der Waals surface area contributed by atoms with Crippen LogP contribution in [0, 0.1) is 0 Å². The fraction of sp³-hybridized carbons (Fsp3) is 0.913. The molecular formula is C23H48N3O3+. The molecule has 0 bridgehead atoms. The highest BCUT2D eigenvalue weighted by Crippen LogP contribution is 2.11. The highest BCUT2D eigenvalue weighted by atomic mass is 16.4. The fourth-order valence-corrected chi connectivity index (χ4v) is 3.95. The van der Waals surface area contributed by atoms with Gasteiger partial charge in [0.05, 0.1) is 38.6 Å². The first-order valence-electron chi connectivity index (χ1n) is 12.0. The van der Waals surface area contributed by atoms with Crippen molar-refractivity contribution in [2.75, 3.05) is 32.7 Å². The van der Waals surface area contributed by atoms with Crippen LogP contribution in [-0.4, -0.2) is 60.4 Å². The second-order valence-corrected chi connectivity index (χ2v) is 8.35. The van der Waals surface area contributed by atoms with Gasteiger partial charge in [-0.2, -0.15) is 0 Å². The van der Waals surface area contributed by atoms with E-state index in [1.165, 1.54) is 51.4 Å². The number of carboxylic acid groups (broad SMARTS) is 1. The quantitative estimate of drug-likeness (QED) is 0.207. The molecule has 0 unspecified atom stereocenters. The van der Waals surface area contributed by atoms with E-state index in [4.69, 9.17) is 0 Å². The number of hydrogen-bond donors (Lipinski definition) is 3. The van der Waals surface area contributed by atoms with Crippen molar-refractivity contribution in [2.24, 2.45) is 0 Å². The number of unbranched alkanes of at least 4 members (excludes halogenated alkanes) is 9. The molecule has 172 valence electrons. The van der Waals surface area contributed by atoms with Gasteiger partial charge in [0.2, 0.25) is 0 Å². The second kappa shape index (κ2) is 17.5. The van der Waals surface area contributed by atoms with Crippen LogP contribution in [0.5, 0.6) is 0 Å². The third-order valence-electron chi connectivity index (χ3n) is 6.19. The Balaban J connectivity index is 4.04. The maximum atomic E-state index is 12.2. The van der Waals surface area contributed by atoms with E-state index in [9.17, 15) is 14.7 Å². The largest absolute Gasteiger partial charge is 0.481 e. The molecule has 2 amide bonds. The predicted molar refractivity (Wildman–Crippen MR) is 121 cm³/mol. The minimum Gasteiger partial charge on any atom is -0.481 e. The standard InChI is InChI=1S/C23H47N3O3/c1-5-9-10-11-12-13-14-15-16-17-18-24-23(29)25-21(19-22(27)28)20-26(6-2,7-3)8-4/h21H,5-20H2,1-4H3,(H2-,24,25,27,28,29)/p+1/t21-/m1/s1. The maximum absolute atomic E-state index is 12.2. The van der Waals surface area contributed by atoms with Crippen molar-refractivity contribution in [2.45, 2.75) is 104 Å². The summed E-state index contributed by atoms with van der Waals surface area (Å²) in [6.07, 6.45) is 12.6. The molecule has 0 saturated heterocycles. The molecule has 0 aliphatic carbocycles.